The van der Waals surface area contributed by atoms with E-state index in [1.54, 1.807) is 0 Å². The van der Waals surface area contributed by atoms with Gasteiger partial charge in [0.25, 0.3) is 0 Å². The molecule has 1 amide bonds. The third-order valence-corrected chi connectivity index (χ3v) is 2.30. The minimum Gasteiger partial charge on any atom is -0.378 e. The molecule has 0 aromatic heterocycles. The number of carbonyl (C=O) groups is 1. The Morgan fingerprint density at radius 3 is 2.38 bits per heavy atom. The number of nitrogens with zero attached hydrogens (tertiary/aromatic N) is 1. The first-order chi connectivity index (χ1) is 7.30. The summed E-state index contributed by atoms with van der Waals surface area (Å²) in [7, 11) is 3.95. The molecule has 0 atom stereocenters. The van der Waals surface area contributed by atoms with Gasteiger partial charge in [-0.3, -0.25) is 4.79 Å². The minimum atomic E-state index is -0.367. The first-order valence-electron chi connectivity index (χ1n) is 5.39. The zero-order valence-electron chi connectivity index (χ0n) is 10.7. The molecule has 0 spiro atoms. The van der Waals surface area contributed by atoms with Gasteiger partial charge in [-0.05, 0) is 18.2 Å². The fourth-order valence-corrected chi connectivity index (χ4v) is 1.18. The minimum absolute atomic E-state index is 0.0309. The van der Waals surface area contributed by atoms with Gasteiger partial charge >= 0.3 is 0 Å². The molecule has 1 rings (SSSR count). The van der Waals surface area contributed by atoms with E-state index < -0.39 is 0 Å². The quantitative estimate of drug-likeness (QED) is 0.831. The SMILES string of the molecule is CN(C)c1cccc(NC(=O)C(C)(C)C)c1. The van der Waals surface area contributed by atoms with E-state index in [0.29, 0.717) is 0 Å². The number of rotatable bonds is 2. The first-order valence-corrected chi connectivity index (χ1v) is 5.39. The summed E-state index contributed by atoms with van der Waals surface area (Å²) in [6, 6.07) is 7.81. The van der Waals surface area contributed by atoms with Crippen LogP contribution in [0.2, 0.25) is 0 Å². The monoisotopic (exact) mass is 220 g/mol. The molecule has 0 unspecified atom stereocenters. The molecule has 0 aliphatic heterocycles. The predicted molar refractivity (Wildman–Crippen MR) is 68.9 cm³/mol. The number of nitrogens with one attached hydrogen (secondary N) is 1. The van der Waals surface area contributed by atoms with Gasteiger partial charge in [-0.25, -0.2) is 0 Å². The van der Waals surface area contributed by atoms with Crippen molar-refractivity contribution in [2.45, 2.75) is 20.8 Å². The number of amides is 1. The van der Waals surface area contributed by atoms with Crippen molar-refractivity contribution in [1.29, 1.82) is 0 Å². The molecule has 3 heteroatoms. The highest BCUT2D eigenvalue weighted by molar-refractivity contribution is 5.94. The highest BCUT2D eigenvalue weighted by Gasteiger charge is 2.21. The molecule has 1 N–H and O–H groups in total. The van der Waals surface area contributed by atoms with Crippen LogP contribution in [-0.2, 0) is 4.79 Å². The Kier molecular flexibility index (Phi) is 3.58. The molecular formula is C13H20N2O. The molecule has 0 aliphatic carbocycles. The predicted octanol–water partition coefficient (Wildman–Crippen LogP) is 2.74. The van der Waals surface area contributed by atoms with Gasteiger partial charge in [0.2, 0.25) is 5.91 Å². The molecule has 1 aromatic carbocycles. The summed E-state index contributed by atoms with van der Waals surface area (Å²) < 4.78 is 0. The number of hydrogen-bond acceptors (Lipinski definition) is 2. The zero-order chi connectivity index (χ0) is 12.3. The average molecular weight is 220 g/mol. The van der Waals surface area contributed by atoms with Gasteiger partial charge in [0.05, 0.1) is 0 Å². The van der Waals surface area contributed by atoms with Gasteiger partial charge in [0.15, 0.2) is 0 Å². The number of benzene rings is 1. The Hall–Kier alpha value is -1.51. The van der Waals surface area contributed by atoms with Gasteiger partial charge in [-0.2, -0.15) is 0 Å². The fraction of sp³-hybridized carbons (Fsp3) is 0.462. The maximum atomic E-state index is 11.8. The Labute approximate surface area is 97.5 Å². The molecule has 0 aliphatic rings. The van der Waals surface area contributed by atoms with Crippen molar-refractivity contribution < 1.29 is 4.79 Å². The highest BCUT2D eigenvalue weighted by atomic mass is 16.2. The molecule has 1 aromatic rings. The summed E-state index contributed by atoms with van der Waals surface area (Å²) in [5, 5.41) is 2.91. The second kappa shape index (κ2) is 4.56. The van der Waals surface area contributed by atoms with Gasteiger partial charge in [0, 0.05) is 30.9 Å². The zero-order valence-corrected chi connectivity index (χ0v) is 10.7. The van der Waals surface area contributed by atoms with Crippen molar-refractivity contribution in [2.75, 3.05) is 24.3 Å². The molecule has 0 saturated heterocycles. The van der Waals surface area contributed by atoms with E-state index in [1.165, 1.54) is 0 Å². The molecule has 0 radical (unpaired) electrons. The molecule has 88 valence electrons. The van der Waals surface area contributed by atoms with E-state index in [9.17, 15) is 4.79 Å². The summed E-state index contributed by atoms with van der Waals surface area (Å²) in [5.74, 6) is 0.0309. The Morgan fingerprint density at radius 1 is 1.25 bits per heavy atom. The third-order valence-electron chi connectivity index (χ3n) is 2.30. The lowest BCUT2D eigenvalue weighted by molar-refractivity contribution is -0.123. The molecule has 3 nitrogen and oxygen atoms in total. The lowest BCUT2D eigenvalue weighted by Crippen LogP contribution is -2.27. The van der Waals surface area contributed by atoms with Crippen LogP contribution < -0.4 is 10.2 Å². The van der Waals surface area contributed by atoms with Gasteiger partial charge in [-0.15, -0.1) is 0 Å². The van der Waals surface area contributed by atoms with E-state index >= 15 is 0 Å². The highest BCUT2D eigenvalue weighted by Crippen LogP contribution is 2.20. The van der Waals surface area contributed by atoms with Gasteiger partial charge in [-0.1, -0.05) is 26.8 Å². The number of carbonyl (C=O) groups excluding carboxylic acids is 1. The summed E-state index contributed by atoms with van der Waals surface area (Å²) in [6.45, 7) is 5.70. The third kappa shape index (κ3) is 3.26. The van der Waals surface area contributed by atoms with Crippen LogP contribution in [0.15, 0.2) is 24.3 Å². The molecule has 16 heavy (non-hydrogen) atoms. The van der Waals surface area contributed by atoms with Gasteiger partial charge in [0.1, 0.15) is 0 Å². The molecule has 0 bridgehead atoms. The Morgan fingerprint density at radius 2 is 1.88 bits per heavy atom. The number of anilines is 2. The maximum Gasteiger partial charge on any atom is 0.229 e. The van der Waals surface area contributed by atoms with Crippen molar-refractivity contribution >= 4 is 17.3 Å². The van der Waals surface area contributed by atoms with E-state index in [1.807, 2.05) is 64.0 Å². The second-order valence-electron chi connectivity index (χ2n) is 5.15. The molecule has 0 fully saturated rings. The first kappa shape index (κ1) is 12.6. The topological polar surface area (TPSA) is 32.3 Å². The fourth-order valence-electron chi connectivity index (χ4n) is 1.18. The van der Waals surface area contributed by atoms with Gasteiger partial charge < -0.3 is 10.2 Å². The van der Waals surface area contributed by atoms with Crippen LogP contribution in [0.25, 0.3) is 0 Å². The van der Waals surface area contributed by atoms with Crippen molar-refractivity contribution in [3.05, 3.63) is 24.3 Å². The second-order valence-corrected chi connectivity index (χ2v) is 5.15. The maximum absolute atomic E-state index is 11.8. The van der Waals surface area contributed by atoms with E-state index in [0.717, 1.165) is 11.4 Å². The summed E-state index contributed by atoms with van der Waals surface area (Å²) >= 11 is 0. The van der Waals surface area contributed by atoms with Crippen LogP contribution in [0, 0.1) is 5.41 Å². The van der Waals surface area contributed by atoms with E-state index in [4.69, 9.17) is 0 Å². The summed E-state index contributed by atoms with van der Waals surface area (Å²) in [5.41, 5.74) is 1.55. The molecule has 0 saturated carbocycles. The Bertz CT molecular complexity index is 378. The van der Waals surface area contributed by atoms with E-state index in [-0.39, 0.29) is 11.3 Å². The normalized spacial score (nSPS) is 11.1. The van der Waals surface area contributed by atoms with Crippen LogP contribution in [0.5, 0.6) is 0 Å². The molecular weight excluding hydrogens is 200 g/mol. The number of hydrogen-bond donors (Lipinski definition) is 1. The Balaban J connectivity index is 2.83. The molecule has 0 heterocycles. The summed E-state index contributed by atoms with van der Waals surface area (Å²) in [4.78, 5) is 13.8. The van der Waals surface area contributed by atoms with E-state index in [2.05, 4.69) is 5.32 Å². The van der Waals surface area contributed by atoms with Crippen LogP contribution in [-0.4, -0.2) is 20.0 Å². The van der Waals surface area contributed by atoms with Crippen molar-refractivity contribution in [2.24, 2.45) is 5.41 Å². The van der Waals surface area contributed by atoms with Crippen molar-refractivity contribution in [3.63, 3.8) is 0 Å². The van der Waals surface area contributed by atoms with Crippen molar-refractivity contribution in [3.8, 4) is 0 Å². The smallest absolute Gasteiger partial charge is 0.229 e. The lowest BCUT2D eigenvalue weighted by atomic mass is 9.95. The standard InChI is InChI=1S/C13H20N2O/c1-13(2,3)12(16)14-10-7-6-8-11(9-10)15(4)5/h6-9H,1-5H3,(H,14,16). The van der Waals surface area contributed by atoms with Crippen LogP contribution >= 0.6 is 0 Å². The van der Waals surface area contributed by atoms with Crippen LogP contribution in [0.3, 0.4) is 0 Å². The lowest BCUT2D eigenvalue weighted by Gasteiger charge is -2.19. The average Bonchev–Trinajstić information content (AvgIpc) is 2.16. The van der Waals surface area contributed by atoms with Crippen LogP contribution in [0.4, 0.5) is 11.4 Å². The summed E-state index contributed by atoms with van der Waals surface area (Å²) in [6.07, 6.45) is 0. The van der Waals surface area contributed by atoms with Crippen LogP contribution in [0.1, 0.15) is 20.8 Å². The largest absolute Gasteiger partial charge is 0.378 e. The van der Waals surface area contributed by atoms with Crippen molar-refractivity contribution in [1.82, 2.24) is 0 Å².